The van der Waals surface area contributed by atoms with Gasteiger partial charge in [-0.15, -0.1) is 0 Å². The minimum Gasteiger partial charge on any atom is -0.508 e. The third kappa shape index (κ3) is 3.95. The van der Waals surface area contributed by atoms with Gasteiger partial charge in [0.15, 0.2) is 0 Å². The average molecular weight is 306 g/mol. The number of ether oxygens (including phenoxy) is 1. The van der Waals surface area contributed by atoms with Crippen LogP contribution in [0.2, 0.25) is 0 Å². The van der Waals surface area contributed by atoms with E-state index in [1.54, 1.807) is 19.2 Å². The molecule has 3 rings (SSSR count). The molecule has 0 aliphatic carbocycles. The quantitative estimate of drug-likeness (QED) is 0.588. The molecule has 0 aliphatic heterocycles. The van der Waals surface area contributed by atoms with Gasteiger partial charge in [0, 0.05) is 22.7 Å². The summed E-state index contributed by atoms with van der Waals surface area (Å²) in [6.07, 6.45) is 0. The van der Waals surface area contributed by atoms with Crippen LogP contribution in [0, 0.1) is 0 Å². The predicted molar refractivity (Wildman–Crippen MR) is 94.1 cm³/mol. The molecule has 3 aromatic rings. The van der Waals surface area contributed by atoms with Crippen LogP contribution in [0.5, 0.6) is 11.5 Å². The Bertz CT molecular complexity index is 751. The maximum atomic E-state index is 9.29. The highest BCUT2D eigenvalue weighted by molar-refractivity contribution is 5.66. The van der Waals surface area contributed by atoms with Gasteiger partial charge in [0.1, 0.15) is 11.5 Å². The Balaban J connectivity index is 1.65. The summed E-state index contributed by atoms with van der Waals surface area (Å²) in [4.78, 5) is 0. The molecule has 0 bridgehead atoms. The zero-order valence-electron chi connectivity index (χ0n) is 12.8. The monoisotopic (exact) mass is 306 g/mol. The van der Waals surface area contributed by atoms with Crippen molar-refractivity contribution in [2.24, 2.45) is 0 Å². The van der Waals surface area contributed by atoms with Crippen molar-refractivity contribution in [1.82, 2.24) is 0 Å². The molecule has 0 unspecified atom stereocenters. The number of phenolic OH excluding ortho intramolecular Hbond substituents is 1. The first-order valence-corrected chi connectivity index (χ1v) is 7.30. The van der Waals surface area contributed by atoms with Crippen LogP contribution in [0.15, 0.2) is 72.8 Å². The lowest BCUT2D eigenvalue weighted by atomic mass is 10.2. The topological polar surface area (TPSA) is 53.5 Å². The molecule has 116 valence electrons. The minimum atomic E-state index is 0.259. The van der Waals surface area contributed by atoms with E-state index in [0.717, 1.165) is 28.5 Å². The molecule has 23 heavy (non-hydrogen) atoms. The van der Waals surface area contributed by atoms with Crippen LogP contribution in [0.3, 0.4) is 0 Å². The second kappa shape index (κ2) is 6.75. The zero-order valence-corrected chi connectivity index (χ0v) is 12.8. The molecular weight excluding hydrogens is 288 g/mol. The molecule has 0 spiro atoms. The minimum absolute atomic E-state index is 0.259. The molecule has 3 aromatic carbocycles. The zero-order chi connectivity index (χ0) is 16.1. The van der Waals surface area contributed by atoms with Gasteiger partial charge in [-0.05, 0) is 72.8 Å². The maximum Gasteiger partial charge on any atom is 0.119 e. The summed E-state index contributed by atoms with van der Waals surface area (Å²) in [7, 11) is 1.66. The summed E-state index contributed by atoms with van der Waals surface area (Å²) in [6, 6.07) is 22.8. The van der Waals surface area contributed by atoms with E-state index in [2.05, 4.69) is 10.6 Å². The predicted octanol–water partition coefficient (Wildman–Crippen LogP) is 4.89. The Hall–Kier alpha value is -3.14. The molecule has 0 aliphatic rings. The first kappa shape index (κ1) is 14.8. The first-order chi connectivity index (χ1) is 11.2. The van der Waals surface area contributed by atoms with E-state index in [0.29, 0.717) is 0 Å². The Morgan fingerprint density at radius 1 is 0.609 bits per heavy atom. The molecule has 0 radical (unpaired) electrons. The van der Waals surface area contributed by atoms with E-state index in [4.69, 9.17) is 4.74 Å². The van der Waals surface area contributed by atoms with E-state index in [1.165, 1.54) is 0 Å². The van der Waals surface area contributed by atoms with Gasteiger partial charge in [-0.1, -0.05) is 0 Å². The Labute approximate surface area is 135 Å². The number of methoxy groups -OCH3 is 1. The van der Waals surface area contributed by atoms with Crippen molar-refractivity contribution in [2.45, 2.75) is 0 Å². The molecule has 0 heterocycles. The molecule has 4 heteroatoms. The van der Waals surface area contributed by atoms with Crippen LogP contribution in [-0.2, 0) is 0 Å². The highest BCUT2D eigenvalue weighted by Crippen LogP contribution is 2.23. The van der Waals surface area contributed by atoms with Gasteiger partial charge in [0.2, 0.25) is 0 Å². The third-order valence-corrected chi connectivity index (χ3v) is 3.42. The lowest BCUT2D eigenvalue weighted by Crippen LogP contribution is -1.92. The van der Waals surface area contributed by atoms with E-state index in [-0.39, 0.29) is 5.75 Å². The van der Waals surface area contributed by atoms with E-state index >= 15 is 0 Å². The van der Waals surface area contributed by atoms with Gasteiger partial charge in [0.05, 0.1) is 7.11 Å². The summed E-state index contributed by atoms with van der Waals surface area (Å²) in [6.45, 7) is 0. The third-order valence-electron chi connectivity index (χ3n) is 3.42. The summed E-state index contributed by atoms with van der Waals surface area (Å²) < 4.78 is 5.15. The number of hydrogen-bond donors (Lipinski definition) is 3. The van der Waals surface area contributed by atoms with Crippen LogP contribution in [0.4, 0.5) is 22.7 Å². The average Bonchev–Trinajstić information content (AvgIpc) is 2.59. The molecule has 0 saturated carbocycles. The number of anilines is 4. The summed E-state index contributed by atoms with van der Waals surface area (Å²) in [5.74, 6) is 1.10. The second-order valence-electron chi connectivity index (χ2n) is 5.10. The van der Waals surface area contributed by atoms with Crippen molar-refractivity contribution in [2.75, 3.05) is 17.7 Å². The highest BCUT2D eigenvalue weighted by Gasteiger charge is 1.98. The summed E-state index contributed by atoms with van der Waals surface area (Å²) >= 11 is 0. The summed E-state index contributed by atoms with van der Waals surface area (Å²) in [5, 5.41) is 15.9. The number of nitrogens with one attached hydrogen (secondary N) is 2. The van der Waals surface area contributed by atoms with Gasteiger partial charge in [0.25, 0.3) is 0 Å². The Kier molecular flexibility index (Phi) is 4.34. The van der Waals surface area contributed by atoms with Gasteiger partial charge in [-0.2, -0.15) is 0 Å². The fraction of sp³-hybridized carbons (Fsp3) is 0.0526. The molecule has 0 fully saturated rings. The lowest BCUT2D eigenvalue weighted by Gasteiger charge is -2.10. The molecule has 4 nitrogen and oxygen atoms in total. The normalized spacial score (nSPS) is 10.1. The van der Waals surface area contributed by atoms with E-state index < -0.39 is 0 Å². The van der Waals surface area contributed by atoms with Crippen molar-refractivity contribution in [3.8, 4) is 11.5 Å². The standard InChI is InChI=1S/C19H18N2O2/c1-23-19-12-8-17(9-13-19)21-15-4-2-14(3-5-15)20-16-6-10-18(22)11-7-16/h2-13,20-22H,1H3. The highest BCUT2D eigenvalue weighted by atomic mass is 16.5. The van der Waals surface area contributed by atoms with Crippen LogP contribution in [-0.4, -0.2) is 12.2 Å². The number of hydrogen-bond acceptors (Lipinski definition) is 4. The van der Waals surface area contributed by atoms with E-state index in [1.807, 2.05) is 60.7 Å². The van der Waals surface area contributed by atoms with E-state index in [9.17, 15) is 5.11 Å². The van der Waals surface area contributed by atoms with Crippen molar-refractivity contribution < 1.29 is 9.84 Å². The van der Waals surface area contributed by atoms with Gasteiger partial charge >= 0.3 is 0 Å². The van der Waals surface area contributed by atoms with Gasteiger partial charge in [-0.25, -0.2) is 0 Å². The fourth-order valence-corrected chi connectivity index (χ4v) is 2.19. The first-order valence-electron chi connectivity index (χ1n) is 7.30. The molecule has 3 N–H and O–H groups in total. The van der Waals surface area contributed by atoms with Gasteiger partial charge < -0.3 is 20.5 Å². The number of phenols is 1. The second-order valence-corrected chi connectivity index (χ2v) is 5.10. The van der Waals surface area contributed by atoms with Crippen molar-refractivity contribution >= 4 is 22.7 Å². The molecule has 0 amide bonds. The SMILES string of the molecule is COc1ccc(Nc2ccc(Nc3ccc(O)cc3)cc2)cc1. The molecule has 0 saturated heterocycles. The number of benzene rings is 3. The molecule has 0 aromatic heterocycles. The lowest BCUT2D eigenvalue weighted by molar-refractivity contribution is 0.415. The fourth-order valence-electron chi connectivity index (χ4n) is 2.19. The largest absolute Gasteiger partial charge is 0.508 e. The van der Waals surface area contributed by atoms with Crippen molar-refractivity contribution in [3.05, 3.63) is 72.8 Å². The molecule has 0 atom stereocenters. The smallest absolute Gasteiger partial charge is 0.119 e. The van der Waals surface area contributed by atoms with Crippen LogP contribution in [0.25, 0.3) is 0 Å². The Morgan fingerprint density at radius 3 is 1.35 bits per heavy atom. The van der Waals surface area contributed by atoms with Crippen molar-refractivity contribution in [3.63, 3.8) is 0 Å². The van der Waals surface area contributed by atoms with Gasteiger partial charge in [-0.3, -0.25) is 0 Å². The number of rotatable bonds is 5. The van der Waals surface area contributed by atoms with Crippen LogP contribution >= 0.6 is 0 Å². The van der Waals surface area contributed by atoms with Crippen LogP contribution < -0.4 is 15.4 Å². The molecular formula is C19H18N2O2. The van der Waals surface area contributed by atoms with Crippen LogP contribution in [0.1, 0.15) is 0 Å². The summed E-state index contributed by atoms with van der Waals surface area (Å²) in [5.41, 5.74) is 3.92. The van der Waals surface area contributed by atoms with Crippen molar-refractivity contribution in [1.29, 1.82) is 0 Å². The maximum absolute atomic E-state index is 9.29. The Morgan fingerprint density at radius 2 is 0.957 bits per heavy atom. The number of aromatic hydroxyl groups is 1.